The Bertz CT molecular complexity index is 327. The maximum absolute atomic E-state index is 11.0. The van der Waals surface area contributed by atoms with Crippen LogP contribution in [0.25, 0.3) is 0 Å². The van der Waals surface area contributed by atoms with Crippen LogP contribution in [0.15, 0.2) is 18.6 Å². The maximum atomic E-state index is 11.0. The van der Waals surface area contributed by atoms with Crippen molar-refractivity contribution in [3.63, 3.8) is 0 Å². The normalized spacial score (nSPS) is 12.7. The van der Waals surface area contributed by atoms with Gasteiger partial charge in [0.05, 0.1) is 5.69 Å². The van der Waals surface area contributed by atoms with Gasteiger partial charge in [0.2, 0.25) is 0 Å². The quantitative estimate of drug-likeness (QED) is 0.754. The Balaban J connectivity index is 2.47. The lowest BCUT2D eigenvalue weighted by atomic mass is 10.0. The molecule has 0 saturated carbocycles. The van der Waals surface area contributed by atoms with E-state index < -0.39 is 12.0 Å². The third-order valence-electron chi connectivity index (χ3n) is 2.15. The van der Waals surface area contributed by atoms with Gasteiger partial charge in [-0.15, -0.1) is 0 Å². The molecule has 0 saturated heterocycles. The summed E-state index contributed by atoms with van der Waals surface area (Å²) in [5.41, 5.74) is 0.748. The van der Waals surface area contributed by atoms with Crippen LogP contribution in [-0.4, -0.2) is 27.1 Å². The molecule has 88 valence electrons. The summed E-state index contributed by atoms with van der Waals surface area (Å²) in [6, 6.07) is -0.526. The van der Waals surface area contributed by atoms with Crippen LogP contribution in [0.2, 0.25) is 0 Å². The number of carboxylic acids is 1. The molecule has 5 nitrogen and oxygen atoms in total. The largest absolute Gasteiger partial charge is 0.480 e. The van der Waals surface area contributed by atoms with E-state index in [1.807, 2.05) is 13.8 Å². The summed E-state index contributed by atoms with van der Waals surface area (Å²) in [7, 11) is 0. The number of hydrogen-bond acceptors (Lipinski definition) is 4. The first kappa shape index (κ1) is 12.6. The minimum absolute atomic E-state index is 0.343. The summed E-state index contributed by atoms with van der Waals surface area (Å²) in [6.07, 6.45) is 5.42. The van der Waals surface area contributed by atoms with Crippen molar-refractivity contribution in [3.05, 3.63) is 24.3 Å². The van der Waals surface area contributed by atoms with E-state index in [4.69, 9.17) is 5.11 Å². The van der Waals surface area contributed by atoms with E-state index in [1.54, 1.807) is 18.6 Å². The summed E-state index contributed by atoms with van der Waals surface area (Å²) in [5.74, 6) is -0.479. The van der Waals surface area contributed by atoms with Gasteiger partial charge < -0.3 is 5.11 Å². The molecule has 0 spiro atoms. The number of nitrogens with zero attached hydrogens (tertiary/aromatic N) is 2. The third kappa shape index (κ3) is 4.35. The topological polar surface area (TPSA) is 75.1 Å². The van der Waals surface area contributed by atoms with Gasteiger partial charge in [0.15, 0.2) is 0 Å². The first-order valence-corrected chi connectivity index (χ1v) is 5.30. The predicted molar refractivity (Wildman–Crippen MR) is 59.8 cm³/mol. The fraction of sp³-hybridized carbons (Fsp3) is 0.545. The molecular formula is C11H17N3O2. The van der Waals surface area contributed by atoms with E-state index in [9.17, 15) is 4.79 Å². The number of carbonyl (C=O) groups is 1. The predicted octanol–water partition coefficient (Wildman–Crippen LogP) is 1.07. The Morgan fingerprint density at radius 2 is 2.25 bits per heavy atom. The molecule has 1 rings (SSSR count). The second kappa shape index (κ2) is 6.17. The molecule has 1 heterocycles. The molecule has 0 fully saturated rings. The molecule has 5 heteroatoms. The van der Waals surface area contributed by atoms with Crippen molar-refractivity contribution >= 4 is 5.97 Å². The highest BCUT2D eigenvalue weighted by molar-refractivity contribution is 5.73. The summed E-state index contributed by atoms with van der Waals surface area (Å²) in [4.78, 5) is 18.9. The molecule has 0 radical (unpaired) electrons. The van der Waals surface area contributed by atoms with Crippen molar-refractivity contribution in [1.29, 1.82) is 0 Å². The molecule has 1 unspecified atom stereocenters. The van der Waals surface area contributed by atoms with Crippen LogP contribution in [-0.2, 0) is 11.3 Å². The molecule has 0 aliphatic heterocycles. The van der Waals surface area contributed by atoms with Crippen LogP contribution in [0, 0.1) is 5.92 Å². The van der Waals surface area contributed by atoms with Gasteiger partial charge in [-0.2, -0.15) is 0 Å². The second-order valence-electron chi connectivity index (χ2n) is 4.10. The van der Waals surface area contributed by atoms with Gasteiger partial charge >= 0.3 is 5.97 Å². The van der Waals surface area contributed by atoms with Gasteiger partial charge in [-0.1, -0.05) is 13.8 Å². The Labute approximate surface area is 94.9 Å². The summed E-state index contributed by atoms with van der Waals surface area (Å²) >= 11 is 0. The van der Waals surface area contributed by atoms with Gasteiger partial charge in [-0.25, -0.2) is 0 Å². The summed E-state index contributed by atoms with van der Waals surface area (Å²) < 4.78 is 0. The van der Waals surface area contributed by atoms with Gasteiger partial charge in [-0.05, 0) is 12.3 Å². The second-order valence-corrected chi connectivity index (χ2v) is 4.10. The van der Waals surface area contributed by atoms with Crippen molar-refractivity contribution in [2.24, 2.45) is 5.92 Å². The van der Waals surface area contributed by atoms with Gasteiger partial charge in [0.25, 0.3) is 0 Å². The first-order chi connectivity index (χ1) is 7.59. The van der Waals surface area contributed by atoms with E-state index in [1.165, 1.54) is 0 Å². The average Bonchev–Trinajstić information content (AvgIpc) is 2.25. The van der Waals surface area contributed by atoms with Crippen LogP contribution in [0.4, 0.5) is 0 Å². The molecule has 0 aromatic carbocycles. The molecule has 0 bridgehead atoms. The van der Waals surface area contributed by atoms with E-state index in [0.717, 1.165) is 5.69 Å². The molecule has 0 aliphatic carbocycles. The number of hydrogen-bond donors (Lipinski definition) is 2. The van der Waals surface area contributed by atoms with Gasteiger partial charge in [0.1, 0.15) is 6.04 Å². The lowest BCUT2D eigenvalue weighted by Gasteiger charge is -2.15. The molecule has 1 atom stereocenters. The van der Waals surface area contributed by atoms with Crippen molar-refractivity contribution in [1.82, 2.24) is 15.3 Å². The van der Waals surface area contributed by atoms with E-state index >= 15 is 0 Å². The van der Waals surface area contributed by atoms with Gasteiger partial charge in [-0.3, -0.25) is 20.1 Å². The monoisotopic (exact) mass is 223 g/mol. The Morgan fingerprint density at radius 1 is 1.50 bits per heavy atom. The Kier molecular flexibility index (Phi) is 4.85. The van der Waals surface area contributed by atoms with Crippen LogP contribution in [0.5, 0.6) is 0 Å². The molecular weight excluding hydrogens is 206 g/mol. The van der Waals surface area contributed by atoms with Crippen molar-refractivity contribution < 1.29 is 9.90 Å². The minimum Gasteiger partial charge on any atom is -0.480 e. The molecule has 1 aromatic rings. The SMILES string of the molecule is CC(C)CC(NCc1cnccn1)C(=O)O. The van der Waals surface area contributed by atoms with Crippen LogP contribution in [0.3, 0.4) is 0 Å². The maximum Gasteiger partial charge on any atom is 0.320 e. The highest BCUT2D eigenvalue weighted by Crippen LogP contribution is 2.05. The summed E-state index contributed by atoms with van der Waals surface area (Å²) in [5, 5.41) is 12.0. The summed E-state index contributed by atoms with van der Waals surface area (Å²) in [6.45, 7) is 4.43. The molecule has 0 aliphatic rings. The standard InChI is InChI=1S/C11H17N3O2/c1-8(2)5-10(11(15)16)14-7-9-6-12-3-4-13-9/h3-4,6,8,10,14H,5,7H2,1-2H3,(H,15,16). The van der Waals surface area contributed by atoms with Crippen LogP contribution >= 0.6 is 0 Å². The fourth-order valence-electron chi connectivity index (χ4n) is 1.39. The molecule has 1 aromatic heterocycles. The van der Waals surface area contributed by atoms with Gasteiger partial charge in [0, 0.05) is 25.1 Å². The van der Waals surface area contributed by atoms with Crippen molar-refractivity contribution in [2.75, 3.05) is 0 Å². The van der Waals surface area contributed by atoms with Crippen LogP contribution < -0.4 is 5.32 Å². The number of nitrogens with one attached hydrogen (secondary N) is 1. The Hall–Kier alpha value is -1.49. The highest BCUT2D eigenvalue weighted by atomic mass is 16.4. The van der Waals surface area contributed by atoms with Crippen LogP contribution in [0.1, 0.15) is 26.0 Å². The minimum atomic E-state index is -0.822. The van der Waals surface area contributed by atoms with E-state index in [2.05, 4.69) is 15.3 Å². The number of aliphatic carboxylic acids is 1. The molecule has 0 amide bonds. The fourth-order valence-corrected chi connectivity index (χ4v) is 1.39. The smallest absolute Gasteiger partial charge is 0.320 e. The van der Waals surface area contributed by atoms with Crippen molar-refractivity contribution in [2.45, 2.75) is 32.9 Å². The zero-order chi connectivity index (χ0) is 12.0. The zero-order valence-corrected chi connectivity index (χ0v) is 9.55. The molecule has 2 N–H and O–H groups in total. The lowest BCUT2D eigenvalue weighted by Crippen LogP contribution is -2.37. The number of carboxylic acid groups (broad SMARTS) is 1. The number of aromatic nitrogens is 2. The highest BCUT2D eigenvalue weighted by Gasteiger charge is 2.17. The van der Waals surface area contributed by atoms with E-state index in [-0.39, 0.29) is 0 Å². The number of rotatable bonds is 6. The molecule has 16 heavy (non-hydrogen) atoms. The average molecular weight is 223 g/mol. The zero-order valence-electron chi connectivity index (χ0n) is 9.55. The Morgan fingerprint density at radius 3 is 2.75 bits per heavy atom. The van der Waals surface area contributed by atoms with Crippen molar-refractivity contribution in [3.8, 4) is 0 Å². The van der Waals surface area contributed by atoms with E-state index in [0.29, 0.717) is 18.9 Å². The first-order valence-electron chi connectivity index (χ1n) is 5.30. The third-order valence-corrected chi connectivity index (χ3v) is 2.15. The lowest BCUT2D eigenvalue weighted by molar-refractivity contribution is -0.140.